The predicted octanol–water partition coefficient (Wildman–Crippen LogP) is 4.52. The molecule has 0 fully saturated rings. The van der Waals surface area contributed by atoms with Crippen LogP contribution in [0, 0.1) is 0 Å². The van der Waals surface area contributed by atoms with Crippen LogP contribution in [0.15, 0.2) is 75.0 Å². The van der Waals surface area contributed by atoms with Crippen molar-refractivity contribution in [3.8, 4) is 0 Å². The normalized spacial score (nSPS) is 17.1. The van der Waals surface area contributed by atoms with Crippen LogP contribution in [0.4, 0.5) is 0 Å². The highest BCUT2D eigenvalue weighted by Gasteiger charge is 2.35. The number of carbonyl (C=O) groups is 1. The van der Waals surface area contributed by atoms with E-state index < -0.39 is 0 Å². The lowest BCUT2D eigenvalue weighted by atomic mass is 10.0. The molecular weight excluding hydrogens is 328 g/mol. The smallest absolute Gasteiger partial charge is 0.310 e. The summed E-state index contributed by atoms with van der Waals surface area (Å²) in [5.41, 5.74) is 1.67. The van der Waals surface area contributed by atoms with Gasteiger partial charge in [0.15, 0.2) is 5.76 Å². The molecule has 1 aliphatic heterocycles. The zero-order valence-electron chi connectivity index (χ0n) is 12.6. The van der Waals surface area contributed by atoms with Crippen molar-refractivity contribution in [1.29, 1.82) is 0 Å². The van der Waals surface area contributed by atoms with E-state index in [0.717, 1.165) is 11.3 Å². The Hall–Kier alpha value is -2.79. The number of furan rings is 2. The Morgan fingerprint density at radius 1 is 1.08 bits per heavy atom. The fourth-order valence-corrected chi connectivity index (χ4v) is 2.87. The summed E-state index contributed by atoms with van der Waals surface area (Å²) in [6.07, 6.45) is 3.62. The summed E-state index contributed by atoms with van der Waals surface area (Å²) < 4.78 is 10.7. The van der Waals surface area contributed by atoms with Gasteiger partial charge in [0.2, 0.25) is 0 Å². The van der Waals surface area contributed by atoms with Crippen LogP contribution in [0.25, 0.3) is 0 Å². The highest BCUT2D eigenvalue weighted by molar-refractivity contribution is 6.30. The van der Waals surface area contributed by atoms with Gasteiger partial charge in [0.25, 0.3) is 0 Å². The number of hydrogen-bond donors (Lipinski definition) is 0. The quantitative estimate of drug-likeness (QED) is 0.704. The molecule has 0 saturated heterocycles. The van der Waals surface area contributed by atoms with Crippen molar-refractivity contribution >= 4 is 23.2 Å². The second-order valence-electron chi connectivity index (χ2n) is 5.42. The van der Waals surface area contributed by atoms with Gasteiger partial charge in [-0.2, -0.15) is 5.10 Å². The molecule has 24 heavy (non-hydrogen) atoms. The molecule has 4 rings (SSSR count). The Morgan fingerprint density at radius 2 is 1.83 bits per heavy atom. The summed E-state index contributed by atoms with van der Waals surface area (Å²) in [6, 6.07) is 14.1. The molecule has 6 heteroatoms. The Labute approximate surface area is 143 Å². The largest absolute Gasteiger partial charge is 0.463 e. The molecule has 0 radical (unpaired) electrons. The van der Waals surface area contributed by atoms with E-state index >= 15 is 0 Å². The molecule has 0 unspecified atom stereocenters. The SMILES string of the molecule is O=C(c1ccco1)N1N=C(c2ccco2)C[C@H]1c1ccc(Cl)cc1. The van der Waals surface area contributed by atoms with Crippen molar-refractivity contribution < 1.29 is 13.6 Å². The van der Waals surface area contributed by atoms with Crippen LogP contribution in [0.3, 0.4) is 0 Å². The molecule has 1 aliphatic rings. The molecule has 5 nitrogen and oxygen atoms in total. The third-order valence-corrected chi connectivity index (χ3v) is 4.16. The van der Waals surface area contributed by atoms with E-state index in [4.69, 9.17) is 20.4 Å². The Kier molecular flexibility index (Phi) is 3.70. The van der Waals surface area contributed by atoms with Gasteiger partial charge in [-0.15, -0.1) is 0 Å². The first-order valence-electron chi connectivity index (χ1n) is 7.46. The number of carbonyl (C=O) groups excluding carboxylic acids is 1. The minimum absolute atomic E-state index is 0.236. The maximum Gasteiger partial charge on any atom is 0.310 e. The van der Waals surface area contributed by atoms with E-state index in [1.165, 1.54) is 11.3 Å². The lowest BCUT2D eigenvalue weighted by Crippen LogP contribution is -2.26. The van der Waals surface area contributed by atoms with Gasteiger partial charge in [-0.05, 0) is 42.0 Å². The summed E-state index contributed by atoms with van der Waals surface area (Å²) >= 11 is 5.97. The van der Waals surface area contributed by atoms with Gasteiger partial charge < -0.3 is 8.83 Å². The average molecular weight is 341 g/mol. The van der Waals surface area contributed by atoms with Crippen molar-refractivity contribution in [2.24, 2.45) is 5.10 Å². The van der Waals surface area contributed by atoms with Crippen molar-refractivity contribution in [1.82, 2.24) is 5.01 Å². The van der Waals surface area contributed by atoms with Crippen molar-refractivity contribution in [3.05, 3.63) is 83.2 Å². The third-order valence-electron chi connectivity index (χ3n) is 3.91. The number of hydrogen-bond acceptors (Lipinski definition) is 4. The Morgan fingerprint density at radius 3 is 2.50 bits per heavy atom. The van der Waals surface area contributed by atoms with Crippen molar-refractivity contribution in [2.75, 3.05) is 0 Å². The predicted molar refractivity (Wildman–Crippen MR) is 88.9 cm³/mol. The van der Waals surface area contributed by atoms with Gasteiger partial charge in [-0.3, -0.25) is 4.79 Å². The molecule has 0 N–H and O–H groups in total. The van der Waals surface area contributed by atoms with Gasteiger partial charge in [-0.1, -0.05) is 23.7 Å². The molecule has 0 spiro atoms. The summed E-state index contributed by atoms with van der Waals surface area (Å²) in [4.78, 5) is 12.7. The molecule has 2 aromatic heterocycles. The first-order valence-corrected chi connectivity index (χ1v) is 7.84. The average Bonchev–Trinajstić information content (AvgIpc) is 3.34. The number of benzene rings is 1. The first-order chi connectivity index (χ1) is 11.7. The second kappa shape index (κ2) is 6.02. The fraction of sp³-hybridized carbons (Fsp3) is 0.111. The number of hydrazone groups is 1. The molecule has 0 aliphatic carbocycles. The van der Waals surface area contributed by atoms with E-state index in [9.17, 15) is 4.79 Å². The van der Waals surface area contributed by atoms with E-state index in [2.05, 4.69) is 5.10 Å². The van der Waals surface area contributed by atoms with Gasteiger partial charge in [0.1, 0.15) is 11.5 Å². The number of halogens is 1. The van der Waals surface area contributed by atoms with E-state index in [-0.39, 0.29) is 17.7 Å². The summed E-state index contributed by atoms with van der Waals surface area (Å²) in [7, 11) is 0. The molecule has 120 valence electrons. The van der Waals surface area contributed by atoms with Crippen LogP contribution in [0.2, 0.25) is 5.02 Å². The monoisotopic (exact) mass is 340 g/mol. The third kappa shape index (κ3) is 2.63. The lowest BCUT2D eigenvalue weighted by molar-refractivity contribution is 0.0678. The molecular formula is C18H13ClN2O3. The molecule has 0 bridgehead atoms. The van der Waals surface area contributed by atoms with Gasteiger partial charge in [0, 0.05) is 11.4 Å². The molecule has 3 heterocycles. The lowest BCUT2D eigenvalue weighted by Gasteiger charge is -2.21. The van der Waals surface area contributed by atoms with Crippen LogP contribution in [0.1, 0.15) is 34.3 Å². The molecule has 1 aromatic carbocycles. The number of nitrogens with zero attached hydrogens (tertiary/aromatic N) is 2. The van der Waals surface area contributed by atoms with Crippen molar-refractivity contribution in [3.63, 3.8) is 0 Å². The molecule has 0 saturated carbocycles. The molecule has 1 amide bonds. The molecule has 3 aromatic rings. The zero-order valence-corrected chi connectivity index (χ0v) is 13.3. The maximum absolute atomic E-state index is 12.7. The standard InChI is InChI=1S/C18H13ClN2O3/c19-13-7-5-12(6-8-13)15-11-14(16-3-1-9-23-16)20-21(15)18(22)17-4-2-10-24-17/h1-10,15H,11H2/t15-/m0/s1. The minimum Gasteiger partial charge on any atom is -0.463 e. The number of amides is 1. The van der Waals surface area contributed by atoms with Crippen LogP contribution in [-0.4, -0.2) is 16.6 Å². The summed E-state index contributed by atoms with van der Waals surface area (Å²) in [5.74, 6) is 0.614. The summed E-state index contributed by atoms with van der Waals surface area (Å²) in [6.45, 7) is 0. The van der Waals surface area contributed by atoms with Crippen molar-refractivity contribution in [2.45, 2.75) is 12.5 Å². The van der Waals surface area contributed by atoms with E-state index in [0.29, 0.717) is 17.2 Å². The Balaban J connectivity index is 1.72. The van der Waals surface area contributed by atoms with Gasteiger partial charge in [-0.25, -0.2) is 5.01 Å². The van der Waals surface area contributed by atoms with Crippen LogP contribution >= 0.6 is 11.6 Å². The fourth-order valence-electron chi connectivity index (χ4n) is 2.75. The first kappa shape index (κ1) is 14.8. The highest BCUT2D eigenvalue weighted by atomic mass is 35.5. The van der Waals surface area contributed by atoms with Crippen LogP contribution in [-0.2, 0) is 0 Å². The minimum atomic E-state index is -0.290. The second-order valence-corrected chi connectivity index (χ2v) is 5.86. The van der Waals surface area contributed by atoms with Gasteiger partial charge >= 0.3 is 5.91 Å². The van der Waals surface area contributed by atoms with E-state index in [1.54, 1.807) is 36.6 Å². The zero-order chi connectivity index (χ0) is 16.5. The van der Waals surface area contributed by atoms with E-state index in [1.807, 2.05) is 18.2 Å². The van der Waals surface area contributed by atoms with Crippen LogP contribution in [0.5, 0.6) is 0 Å². The highest BCUT2D eigenvalue weighted by Crippen LogP contribution is 2.34. The maximum atomic E-state index is 12.7. The topological polar surface area (TPSA) is 59.0 Å². The molecule has 1 atom stereocenters. The van der Waals surface area contributed by atoms with Crippen LogP contribution < -0.4 is 0 Å². The summed E-state index contributed by atoms with van der Waals surface area (Å²) in [5, 5.41) is 6.57. The van der Waals surface area contributed by atoms with Gasteiger partial charge in [0.05, 0.1) is 18.6 Å². The number of rotatable bonds is 3. The Bertz CT molecular complexity index is 868.